The number of rotatable bonds is 7. The van der Waals surface area contributed by atoms with E-state index in [0.29, 0.717) is 24.0 Å². The SMILES string of the molecule is Cc1ccc(CNC(=O)c2ccc3n(c2=O)CCN(CC2(S(=O)(=O)C4COC4)CC2)C3=O)cc1F. The van der Waals surface area contributed by atoms with Gasteiger partial charge in [-0.1, -0.05) is 12.1 Å². The lowest BCUT2D eigenvalue weighted by Gasteiger charge is -2.35. The van der Waals surface area contributed by atoms with E-state index in [9.17, 15) is 27.2 Å². The van der Waals surface area contributed by atoms with E-state index in [0.717, 1.165) is 0 Å². The zero-order valence-electron chi connectivity index (χ0n) is 19.3. The Labute approximate surface area is 201 Å². The van der Waals surface area contributed by atoms with Crippen molar-refractivity contribution in [2.24, 2.45) is 0 Å². The number of amides is 2. The first-order chi connectivity index (χ1) is 16.6. The fraction of sp³-hybridized carbons (Fsp3) is 0.458. The maximum absolute atomic E-state index is 13.7. The number of nitrogens with zero attached hydrogens (tertiary/aromatic N) is 2. The summed E-state index contributed by atoms with van der Waals surface area (Å²) in [5, 5.41) is 2.10. The Balaban J connectivity index is 1.30. The van der Waals surface area contributed by atoms with Gasteiger partial charge in [0.05, 0.1) is 18.0 Å². The molecule has 0 atom stereocenters. The van der Waals surface area contributed by atoms with Gasteiger partial charge in [0.15, 0.2) is 9.84 Å². The van der Waals surface area contributed by atoms with Crippen LogP contribution in [0, 0.1) is 12.7 Å². The lowest BCUT2D eigenvalue weighted by atomic mass is 10.1. The summed E-state index contributed by atoms with van der Waals surface area (Å²) in [5.74, 6) is -1.43. The zero-order chi connectivity index (χ0) is 25.0. The third-order valence-corrected chi connectivity index (χ3v) is 10.0. The van der Waals surface area contributed by atoms with Crippen molar-refractivity contribution in [1.29, 1.82) is 0 Å². The highest BCUT2D eigenvalue weighted by molar-refractivity contribution is 7.93. The largest absolute Gasteiger partial charge is 0.379 e. The number of nitrogens with one attached hydrogen (secondary N) is 1. The normalized spacial score (nSPS) is 19.1. The van der Waals surface area contributed by atoms with Crippen LogP contribution in [-0.4, -0.2) is 66.0 Å². The fourth-order valence-electron chi connectivity index (χ4n) is 4.59. The van der Waals surface area contributed by atoms with Gasteiger partial charge < -0.3 is 19.5 Å². The molecule has 2 aromatic rings. The van der Waals surface area contributed by atoms with Crippen LogP contribution in [0.2, 0.25) is 0 Å². The minimum Gasteiger partial charge on any atom is -0.379 e. The second-order valence-corrected chi connectivity index (χ2v) is 12.1. The van der Waals surface area contributed by atoms with E-state index in [1.54, 1.807) is 19.1 Å². The van der Waals surface area contributed by atoms with Crippen LogP contribution >= 0.6 is 0 Å². The number of ether oxygens (including phenoxy) is 1. The Kier molecular flexibility index (Phi) is 5.79. The summed E-state index contributed by atoms with van der Waals surface area (Å²) in [7, 11) is -3.42. The van der Waals surface area contributed by atoms with Crippen molar-refractivity contribution in [3.63, 3.8) is 0 Å². The van der Waals surface area contributed by atoms with E-state index in [1.807, 2.05) is 0 Å². The summed E-state index contributed by atoms with van der Waals surface area (Å²) in [4.78, 5) is 40.2. The first-order valence-electron chi connectivity index (χ1n) is 11.5. The second-order valence-electron chi connectivity index (χ2n) is 9.47. The quantitative estimate of drug-likeness (QED) is 0.604. The van der Waals surface area contributed by atoms with Crippen molar-refractivity contribution in [2.45, 2.75) is 42.9 Å². The molecule has 0 unspecified atom stereocenters. The molecule has 2 amide bonds. The standard InChI is InChI=1S/C24H26FN3O6S/c1-15-2-3-16(10-19(15)25)11-26-21(29)18-4-5-20-23(31)27(8-9-28(20)22(18)30)14-24(6-7-24)35(32,33)17-12-34-13-17/h2-5,10,17H,6-9,11-14H2,1H3,(H,26,29). The topological polar surface area (TPSA) is 115 Å². The summed E-state index contributed by atoms with van der Waals surface area (Å²) >= 11 is 0. The maximum Gasteiger partial charge on any atom is 0.270 e. The molecule has 0 bridgehead atoms. The van der Waals surface area contributed by atoms with Crippen molar-refractivity contribution in [3.8, 4) is 0 Å². The predicted molar refractivity (Wildman–Crippen MR) is 124 cm³/mol. The summed E-state index contributed by atoms with van der Waals surface area (Å²) < 4.78 is 45.0. The monoisotopic (exact) mass is 503 g/mol. The van der Waals surface area contributed by atoms with Crippen LogP contribution in [0.25, 0.3) is 0 Å². The van der Waals surface area contributed by atoms with Gasteiger partial charge in [-0.15, -0.1) is 0 Å². The lowest BCUT2D eigenvalue weighted by molar-refractivity contribution is 0.0407. The van der Waals surface area contributed by atoms with E-state index in [2.05, 4.69) is 5.32 Å². The minimum absolute atomic E-state index is 0.0481. The van der Waals surface area contributed by atoms with Crippen LogP contribution in [0.1, 0.15) is 44.8 Å². The average molecular weight is 504 g/mol. The van der Waals surface area contributed by atoms with E-state index in [4.69, 9.17) is 4.74 Å². The van der Waals surface area contributed by atoms with Gasteiger partial charge in [-0.05, 0) is 49.1 Å². The Bertz CT molecular complexity index is 1380. The van der Waals surface area contributed by atoms with E-state index in [1.165, 1.54) is 27.7 Å². The van der Waals surface area contributed by atoms with E-state index in [-0.39, 0.29) is 56.5 Å². The maximum atomic E-state index is 13.7. The number of aromatic nitrogens is 1. The molecule has 0 radical (unpaired) electrons. The number of carbonyl (C=O) groups excluding carboxylic acids is 2. The molecule has 2 fully saturated rings. The summed E-state index contributed by atoms with van der Waals surface area (Å²) in [6, 6.07) is 7.35. The van der Waals surface area contributed by atoms with Crippen LogP contribution in [-0.2, 0) is 27.7 Å². The first-order valence-corrected chi connectivity index (χ1v) is 13.1. The van der Waals surface area contributed by atoms with Gasteiger partial charge in [0.1, 0.15) is 22.3 Å². The molecule has 3 aliphatic rings. The third kappa shape index (κ3) is 4.06. The molecule has 1 N–H and O–H groups in total. The highest BCUT2D eigenvalue weighted by atomic mass is 32.2. The smallest absolute Gasteiger partial charge is 0.270 e. The molecule has 11 heteroatoms. The molecule has 1 saturated carbocycles. The molecule has 186 valence electrons. The summed E-state index contributed by atoms with van der Waals surface area (Å²) in [6.45, 7) is 2.51. The molecule has 2 aliphatic heterocycles. The molecule has 1 aliphatic carbocycles. The number of benzene rings is 1. The summed E-state index contributed by atoms with van der Waals surface area (Å²) in [5.41, 5.74) is 0.465. The molecule has 35 heavy (non-hydrogen) atoms. The highest BCUT2D eigenvalue weighted by Crippen LogP contribution is 2.47. The Hall–Kier alpha value is -3.05. The molecule has 0 spiro atoms. The number of hydrogen-bond acceptors (Lipinski definition) is 6. The van der Waals surface area contributed by atoms with Crippen molar-refractivity contribution < 1.29 is 27.1 Å². The first kappa shape index (κ1) is 23.7. The Morgan fingerprint density at radius 2 is 1.91 bits per heavy atom. The van der Waals surface area contributed by atoms with E-state index >= 15 is 0 Å². The van der Waals surface area contributed by atoms with Gasteiger partial charge in [-0.2, -0.15) is 0 Å². The van der Waals surface area contributed by atoms with Gasteiger partial charge >= 0.3 is 0 Å². The average Bonchev–Trinajstić information content (AvgIpc) is 3.57. The molecule has 1 aromatic carbocycles. The number of aryl methyl sites for hydroxylation is 1. The molecule has 9 nitrogen and oxygen atoms in total. The Morgan fingerprint density at radius 1 is 1.17 bits per heavy atom. The Morgan fingerprint density at radius 3 is 2.54 bits per heavy atom. The van der Waals surface area contributed by atoms with Gasteiger partial charge in [0.2, 0.25) is 0 Å². The zero-order valence-corrected chi connectivity index (χ0v) is 20.1. The molecular weight excluding hydrogens is 477 g/mol. The third-order valence-electron chi connectivity index (χ3n) is 7.14. The van der Waals surface area contributed by atoms with Crippen molar-refractivity contribution in [2.75, 3.05) is 26.3 Å². The molecule has 5 rings (SSSR count). The highest BCUT2D eigenvalue weighted by Gasteiger charge is 2.59. The van der Waals surface area contributed by atoms with Gasteiger partial charge in [-0.25, -0.2) is 12.8 Å². The van der Waals surface area contributed by atoms with Crippen molar-refractivity contribution in [1.82, 2.24) is 14.8 Å². The van der Waals surface area contributed by atoms with Crippen LogP contribution in [0.4, 0.5) is 4.39 Å². The number of fused-ring (bicyclic) bond motifs is 1. The number of carbonyl (C=O) groups is 2. The number of pyridine rings is 1. The van der Waals surface area contributed by atoms with Crippen molar-refractivity contribution >= 4 is 21.7 Å². The van der Waals surface area contributed by atoms with Crippen LogP contribution < -0.4 is 10.9 Å². The fourth-order valence-corrected chi connectivity index (χ4v) is 6.85. The van der Waals surface area contributed by atoms with Crippen LogP contribution in [0.5, 0.6) is 0 Å². The number of hydrogen-bond donors (Lipinski definition) is 1. The minimum atomic E-state index is -3.42. The van der Waals surface area contributed by atoms with Gasteiger partial charge in [0.25, 0.3) is 17.4 Å². The van der Waals surface area contributed by atoms with Gasteiger partial charge in [-0.3, -0.25) is 14.4 Å². The van der Waals surface area contributed by atoms with Crippen LogP contribution in [0.3, 0.4) is 0 Å². The van der Waals surface area contributed by atoms with Crippen molar-refractivity contribution in [3.05, 3.63) is 68.9 Å². The second kappa shape index (κ2) is 8.56. The molecule has 3 heterocycles. The molecular formula is C24H26FN3O6S. The number of halogens is 1. The summed E-state index contributed by atoms with van der Waals surface area (Å²) in [6.07, 6.45) is 1.01. The lowest BCUT2D eigenvalue weighted by Crippen LogP contribution is -2.53. The van der Waals surface area contributed by atoms with Gasteiger partial charge in [0, 0.05) is 26.2 Å². The van der Waals surface area contributed by atoms with E-state index < -0.39 is 37.2 Å². The predicted octanol–water partition coefficient (Wildman–Crippen LogP) is 1.03. The molecule has 1 saturated heterocycles. The number of sulfone groups is 1. The van der Waals surface area contributed by atoms with Crippen LogP contribution in [0.15, 0.2) is 35.1 Å². The molecule has 1 aromatic heterocycles.